The topological polar surface area (TPSA) is 67.0 Å². The Balaban J connectivity index is 1.67. The zero-order valence-corrected chi connectivity index (χ0v) is 13.7. The van der Waals surface area contributed by atoms with Crippen LogP contribution in [0, 0.1) is 0 Å². The van der Waals surface area contributed by atoms with Crippen molar-refractivity contribution >= 4 is 22.6 Å². The van der Waals surface area contributed by atoms with Crippen molar-refractivity contribution in [3.63, 3.8) is 0 Å². The third-order valence-corrected chi connectivity index (χ3v) is 3.80. The fraction of sp³-hybridized carbons (Fsp3) is 0.263. The van der Waals surface area contributed by atoms with E-state index < -0.39 is 0 Å². The fourth-order valence-electron chi connectivity index (χ4n) is 2.62. The fourth-order valence-corrected chi connectivity index (χ4v) is 2.62. The molecule has 0 aliphatic heterocycles. The summed E-state index contributed by atoms with van der Waals surface area (Å²) >= 11 is 0. The van der Waals surface area contributed by atoms with Crippen LogP contribution in [-0.4, -0.2) is 29.1 Å². The maximum atomic E-state index is 11.9. The Kier molecular flexibility index (Phi) is 5.23. The molecule has 0 spiro atoms. The molecule has 0 saturated carbocycles. The second-order valence-electron chi connectivity index (χ2n) is 5.54. The second-order valence-corrected chi connectivity index (χ2v) is 5.54. The summed E-state index contributed by atoms with van der Waals surface area (Å²) in [5.74, 6) is 0.819. The van der Waals surface area contributed by atoms with E-state index in [2.05, 4.69) is 15.3 Å². The molecule has 2 N–H and O–H groups in total. The standard InChI is InChI=1S/C19H21N3O2/c1-2-24-13-19(23)22-15-8-4-3-7-14(15)11-12-18-20-16-9-5-6-10-17(16)21-18/h3-10H,2,11-13H2,1H3,(H,20,21)(H,22,23). The Morgan fingerprint density at radius 1 is 1.12 bits per heavy atom. The van der Waals surface area contributed by atoms with Crippen LogP contribution in [0.2, 0.25) is 0 Å². The second kappa shape index (κ2) is 7.75. The molecule has 1 heterocycles. The van der Waals surface area contributed by atoms with Crippen molar-refractivity contribution in [2.24, 2.45) is 0 Å². The lowest BCUT2D eigenvalue weighted by Crippen LogP contribution is -2.19. The summed E-state index contributed by atoms with van der Waals surface area (Å²) in [5.41, 5.74) is 3.94. The molecule has 3 aromatic rings. The highest BCUT2D eigenvalue weighted by Gasteiger charge is 2.08. The number of benzene rings is 2. The maximum absolute atomic E-state index is 11.9. The molecule has 5 nitrogen and oxygen atoms in total. The maximum Gasteiger partial charge on any atom is 0.250 e. The van der Waals surface area contributed by atoms with Gasteiger partial charge in [0.15, 0.2) is 0 Å². The molecule has 1 amide bonds. The van der Waals surface area contributed by atoms with Gasteiger partial charge in [0.1, 0.15) is 12.4 Å². The number of carbonyl (C=O) groups is 1. The van der Waals surface area contributed by atoms with Gasteiger partial charge in [-0.05, 0) is 37.1 Å². The summed E-state index contributed by atoms with van der Waals surface area (Å²) in [6, 6.07) is 15.8. The molecule has 2 aromatic carbocycles. The van der Waals surface area contributed by atoms with Crippen LogP contribution in [0.25, 0.3) is 11.0 Å². The van der Waals surface area contributed by atoms with Crippen LogP contribution < -0.4 is 5.32 Å². The van der Waals surface area contributed by atoms with E-state index in [4.69, 9.17) is 4.74 Å². The van der Waals surface area contributed by atoms with E-state index in [0.717, 1.165) is 41.0 Å². The number of rotatable bonds is 7. The number of fused-ring (bicyclic) bond motifs is 1. The molecule has 124 valence electrons. The summed E-state index contributed by atoms with van der Waals surface area (Å²) in [7, 11) is 0. The van der Waals surface area contributed by atoms with Gasteiger partial charge in [0.05, 0.1) is 11.0 Å². The van der Waals surface area contributed by atoms with Gasteiger partial charge >= 0.3 is 0 Å². The molecule has 0 unspecified atom stereocenters. The van der Waals surface area contributed by atoms with Crippen molar-refractivity contribution in [1.29, 1.82) is 0 Å². The van der Waals surface area contributed by atoms with Gasteiger partial charge in [0, 0.05) is 18.7 Å². The Morgan fingerprint density at radius 3 is 2.75 bits per heavy atom. The number of hydrogen-bond acceptors (Lipinski definition) is 3. The number of amides is 1. The largest absolute Gasteiger partial charge is 0.372 e. The minimum atomic E-state index is -0.131. The van der Waals surface area contributed by atoms with Crippen molar-refractivity contribution in [1.82, 2.24) is 9.97 Å². The van der Waals surface area contributed by atoms with E-state index in [9.17, 15) is 4.79 Å². The van der Waals surface area contributed by atoms with Crippen molar-refractivity contribution < 1.29 is 9.53 Å². The Hall–Kier alpha value is -2.66. The minimum absolute atomic E-state index is 0.0778. The van der Waals surface area contributed by atoms with Crippen LogP contribution in [0.4, 0.5) is 5.69 Å². The molecule has 3 rings (SSSR count). The van der Waals surface area contributed by atoms with E-state index in [1.165, 1.54) is 0 Å². The van der Waals surface area contributed by atoms with Gasteiger partial charge in [-0.15, -0.1) is 0 Å². The molecule has 0 aliphatic carbocycles. The number of imidazole rings is 1. The van der Waals surface area contributed by atoms with Gasteiger partial charge in [-0.2, -0.15) is 0 Å². The van der Waals surface area contributed by atoms with E-state index in [0.29, 0.717) is 6.61 Å². The quantitative estimate of drug-likeness (QED) is 0.701. The average Bonchev–Trinajstić information content (AvgIpc) is 3.02. The lowest BCUT2D eigenvalue weighted by molar-refractivity contribution is -0.120. The average molecular weight is 323 g/mol. The van der Waals surface area contributed by atoms with Crippen LogP contribution in [0.5, 0.6) is 0 Å². The molecular weight excluding hydrogens is 302 g/mol. The van der Waals surface area contributed by atoms with Crippen molar-refractivity contribution in [2.75, 3.05) is 18.5 Å². The number of aromatic amines is 1. The van der Waals surface area contributed by atoms with E-state index in [1.54, 1.807) is 0 Å². The van der Waals surface area contributed by atoms with Crippen LogP contribution in [0.3, 0.4) is 0 Å². The first kappa shape index (κ1) is 16.2. The molecule has 0 saturated heterocycles. The summed E-state index contributed by atoms with van der Waals surface area (Å²) in [5, 5.41) is 2.91. The highest BCUT2D eigenvalue weighted by Crippen LogP contribution is 2.18. The third kappa shape index (κ3) is 4.00. The summed E-state index contributed by atoms with van der Waals surface area (Å²) in [6.07, 6.45) is 1.58. The number of hydrogen-bond donors (Lipinski definition) is 2. The Morgan fingerprint density at radius 2 is 1.92 bits per heavy atom. The number of carbonyl (C=O) groups excluding carboxylic acids is 1. The van der Waals surface area contributed by atoms with Crippen molar-refractivity contribution in [3.05, 3.63) is 59.9 Å². The molecule has 5 heteroatoms. The van der Waals surface area contributed by atoms with Gasteiger partial charge < -0.3 is 15.0 Å². The summed E-state index contributed by atoms with van der Waals surface area (Å²) < 4.78 is 5.14. The van der Waals surface area contributed by atoms with E-state index in [-0.39, 0.29) is 12.5 Å². The first-order valence-corrected chi connectivity index (χ1v) is 8.15. The number of anilines is 1. The van der Waals surface area contributed by atoms with Crippen molar-refractivity contribution in [2.45, 2.75) is 19.8 Å². The van der Waals surface area contributed by atoms with Crippen LogP contribution >= 0.6 is 0 Å². The highest BCUT2D eigenvalue weighted by atomic mass is 16.5. The summed E-state index contributed by atoms with van der Waals surface area (Å²) in [6.45, 7) is 2.48. The minimum Gasteiger partial charge on any atom is -0.372 e. The highest BCUT2D eigenvalue weighted by molar-refractivity contribution is 5.92. The monoisotopic (exact) mass is 323 g/mol. The zero-order valence-electron chi connectivity index (χ0n) is 13.7. The summed E-state index contributed by atoms with van der Waals surface area (Å²) in [4.78, 5) is 19.8. The lowest BCUT2D eigenvalue weighted by Gasteiger charge is -2.10. The molecule has 24 heavy (non-hydrogen) atoms. The Labute approximate surface area is 141 Å². The van der Waals surface area contributed by atoms with Crippen LogP contribution in [0.1, 0.15) is 18.3 Å². The molecule has 0 aliphatic rings. The number of aryl methyl sites for hydroxylation is 2. The number of nitrogens with one attached hydrogen (secondary N) is 2. The van der Waals surface area contributed by atoms with Crippen molar-refractivity contribution in [3.8, 4) is 0 Å². The van der Waals surface area contributed by atoms with Crippen LogP contribution in [0.15, 0.2) is 48.5 Å². The SMILES string of the molecule is CCOCC(=O)Nc1ccccc1CCc1nc2ccccc2[nH]1. The Bertz CT molecular complexity index is 793. The molecule has 0 radical (unpaired) electrons. The van der Waals surface area contributed by atoms with E-state index in [1.807, 2.05) is 55.5 Å². The number of para-hydroxylation sites is 3. The first-order chi connectivity index (χ1) is 11.8. The van der Waals surface area contributed by atoms with Gasteiger partial charge in [-0.1, -0.05) is 30.3 Å². The number of nitrogens with zero attached hydrogens (tertiary/aromatic N) is 1. The molecular formula is C19H21N3O2. The number of aromatic nitrogens is 2. The molecule has 0 atom stereocenters. The molecule has 1 aromatic heterocycles. The van der Waals surface area contributed by atoms with Gasteiger partial charge in [-0.25, -0.2) is 4.98 Å². The first-order valence-electron chi connectivity index (χ1n) is 8.15. The predicted octanol–water partition coefficient (Wildman–Crippen LogP) is 3.32. The number of ether oxygens (including phenoxy) is 1. The normalized spacial score (nSPS) is 10.9. The van der Waals surface area contributed by atoms with Crippen LogP contribution in [-0.2, 0) is 22.4 Å². The lowest BCUT2D eigenvalue weighted by atomic mass is 10.1. The zero-order chi connectivity index (χ0) is 16.8. The predicted molar refractivity (Wildman–Crippen MR) is 95.1 cm³/mol. The van der Waals surface area contributed by atoms with Gasteiger partial charge in [-0.3, -0.25) is 4.79 Å². The number of H-pyrrole nitrogens is 1. The smallest absolute Gasteiger partial charge is 0.250 e. The molecule has 0 fully saturated rings. The third-order valence-electron chi connectivity index (χ3n) is 3.80. The van der Waals surface area contributed by atoms with Gasteiger partial charge in [0.2, 0.25) is 5.91 Å². The molecule has 0 bridgehead atoms. The van der Waals surface area contributed by atoms with Gasteiger partial charge in [0.25, 0.3) is 0 Å². The van der Waals surface area contributed by atoms with E-state index >= 15 is 0 Å².